The summed E-state index contributed by atoms with van der Waals surface area (Å²) in [5, 5.41) is 12.5. The smallest absolute Gasteiger partial charge is 0.220 e. The number of aliphatic hydroxyl groups excluding tert-OH is 1. The van der Waals surface area contributed by atoms with Gasteiger partial charge in [-0.1, -0.05) is 30.3 Å². The summed E-state index contributed by atoms with van der Waals surface area (Å²) in [6, 6.07) is 9.62. The van der Waals surface area contributed by atoms with E-state index in [1.807, 2.05) is 30.3 Å². The Hall–Kier alpha value is -1.43. The molecule has 1 amide bonds. The Labute approximate surface area is 125 Å². The molecule has 4 N–H and O–H groups in total. The second kappa shape index (κ2) is 7.54. The maximum atomic E-state index is 12.1. The highest BCUT2D eigenvalue weighted by molar-refractivity contribution is 5.76. The lowest BCUT2D eigenvalue weighted by atomic mass is 9.90. The van der Waals surface area contributed by atoms with Crippen LogP contribution in [0.25, 0.3) is 0 Å². The van der Waals surface area contributed by atoms with Gasteiger partial charge in [0.15, 0.2) is 0 Å². The van der Waals surface area contributed by atoms with Crippen LogP contribution in [0.1, 0.15) is 37.3 Å². The van der Waals surface area contributed by atoms with Crippen LogP contribution in [0.4, 0.5) is 0 Å². The van der Waals surface area contributed by atoms with Crippen LogP contribution >= 0.6 is 0 Å². The van der Waals surface area contributed by atoms with Gasteiger partial charge in [-0.05, 0) is 24.8 Å². The molecule has 1 aromatic carbocycles. The highest BCUT2D eigenvalue weighted by Gasteiger charge is 2.33. The summed E-state index contributed by atoms with van der Waals surface area (Å²) in [5.41, 5.74) is 6.61. The van der Waals surface area contributed by atoms with Crippen LogP contribution in [0.3, 0.4) is 0 Å². The van der Waals surface area contributed by atoms with Crippen LogP contribution in [-0.2, 0) is 9.53 Å². The van der Waals surface area contributed by atoms with E-state index in [0.29, 0.717) is 38.9 Å². The van der Waals surface area contributed by atoms with Gasteiger partial charge in [0.25, 0.3) is 0 Å². The Kier molecular flexibility index (Phi) is 5.73. The van der Waals surface area contributed by atoms with Gasteiger partial charge >= 0.3 is 0 Å². The molecule has 0 radical (unpaired) electrons. The number of nitrogens with two attached hydrogens (primary N) is 1. The Balaban J connectivity index is 1.81. The first-order valence-electron chi connectivity index (χ1n) is 7.45. The third kappa shape index (κ3) is 4.52. The quantitative estimate of drug-likeness (QED) is 0.733. The van der Waals surface area contributed by atoms with E-state index in [1.165, 1.54) is 0 Å². The molecular formula is C16H24N2O3. The maximum absolute atomic E-state index is 12.1. The van der Waals surface area contributed by atoms with E-state index in [-0.39, 0.29) is 18.6 Å². The average molecular weight is 292 g/mol. The number of carbonyl (C=O) groups excluding carboxylic acids is 1. The van der Waals surface area contributed by atoms with E-state index >= 15 is 0 Å². The van der Waals surface area contributed by atoms with Crippen molar-refractivity contribution in [3.63, 3.8) is 0 Å². The Morgan fingerprint density at radius 1 is 1.33 bits per heavy atom. The zero-order valence-electron chi connectivity index (χ0n) is 12.3. The molecule has 1 atom stereocenters. The molecule has 1 heterocycles. The summed E-state index contributed by atoms with van der Waals surface area (Å²) in [5.74, 6) is -0.0580. The van der Waals surface area contributed by atoms with E-state index < -0.39 is 5.54 Å². The summed E-state index contributed by atoms with van der Waals surface area (Å²) in [7, 11) is 0. The van der Waals surface area contributed by atoms with E-state index in [9.17, 15) is 9.90 Å². The van der Waals surface area contributed by atoms with E-state index in [2.05, 4.69) is 5.32 Å². The first-order valence-corrected chi connectivity index (χ1v) is 7.45. The number of carbonyl (C=O) groups is 1. The molecule has 0 aromatic heterocycles. The molecule has 1 fully saturated rings. The summed E-state index contributed by atoms with van der Waals surface area (Å²) < 4.78 is 5.28. The van der Waals surface area contributed by atoms with Crippen molar-refractivity contribution >= 4 is 5.91 Å². The van der Waals surface area contributed by atoms with Crippen LogP contribution < -0.4 is 11.1 Å². The number of hydrogen-bond acceptors (Lipinski definition) is 4. The molecule has 1 aliphatic heterocycles. The molecule has 2 rings (SSSR count). The molecule has 5 heteroatoms. The molecule has 1 unspecified atom stereocenters. The van der Waals surface area contributed by atoms with Gasteiger partial charge in [-0.3, -0.25) is 4.79 Å². The van der Waals surface area contributed by atoms with Crippen LogP contribution in [0.2, 0.25) is 0 Å². The summed E-state index contributed by atoms with van der Waals surface area (Å²) >= 11 is 0. The predicted molar refractivity (Wildman–Crippen MR) is 80.6 cm³/mol. The third-order valence-electron chi connectivity index (χ3n) is 4.07. The van der Waals surface area contributed by atoms with Gasteiger partial charge < -0.3 is 20.9 Å². The number of aliphatic hydroxyl groups is 1. The second-order valence-electron chi connectivity index (χ2n) is 5.65. The van der Waals surface area contributed by atoms with Crippen LogP contribution in [-0.4, -0.2) is 36.4 Å². The topological polar surface area (TPSA) is 84.6 Å². The van der Waals surface area contributed by atoms with Crippen molar-refractivity contribution in [1.82, 2.24) is 5.32 Å². The van der Waals surface area contributed by atoms with Crippen molar-refractivity contribution < 1.29 is 14.6 Å². The lowest BCUT2D eigenvalue weighted by Crippen LogP contribution is -2.54. The van der Waals surface area contributed by atoms with Crippen molar-refractivity contribution in [2.24, 2.45) is 5.73 Å². The first kappa shape index (κ1) is 15.9. The predicted octanol–water partition coefficient (Wildman–Crippen LogP) is 1.12. The van der Waals surface area contributed by atoms with Gasteiger partial charge in [0.1, 0.15) is 0 Å². The molecule has 0 bridgehead atoms. The minimum Gasteiger partial charge on any atom is -0.394 e. The summed E-state index contributed by atoms with van der Waals surface area (Å²) in [6.07, 6.45) is 2.26. The summed E-state index contributed by atoms with van der Waals surface area (Å²) in [6.45, 7) is 1.10. The van der Waals surface area contributed by atoms with Crippen molar-refractivity contribution in [3.05, 3.63) is 35.9 Å². The number of amides is 1. The fourth-order valence-corrected chi connectivity index (χ4v) is 2.60. The monoisotopic (exact) mass is 292 g/mol. The minimum absolute atomic E-state index is 0.0488. The third-order valence-corrected chi connectivity index (χ3v) is 4.07. The standard InChI is InChI=1S/C16H24N2O3/c17-14(13-4-2-1-3-5-13)6-7-15(20)18-16(12-19)8-10-21-11-9-16/h1-5,14,19H,6-12,17H2,(H,18,20). The Bertz CT molecular complexity index is 444. The van der Waals surface area contributed by atoms with Gasteiger partial charge in [-0.15, -0.1) is 0 Å². The van der Waals surface area contributed by atoms with Crippen molar-refractivity contribution in [3.8, 4) is 0 Å². The fraction of sp³-hybridized carbons (Fsp3) is 0.562. The Morgan fingerprint density at radius 2 is 2.00 bits per heavy atom. The molecule has 21 heavy (non-hydrogen) atoms. The van der Waals surface area contributed by atoms with Gasteiger partial charge in [0.05, 0.1) is 12.1 Å². The largest absolute Gasteiger partial charge is 0.394 e. The number of nitrogens with one attached hydrogen (secondary N) is 1. The van der Waals surface area contributed by atoms with Gasteiger partial charge in [0, 0.05) is 25.7 Å². The van der Waals surface area contributed by atoms with Crippen molar-refractivity contribution in [1.29, 1.82) is 0 Å². The SMILES string of the molecule is NC(CCC(=O)NC1(CO)CCOCC1)c1ccccc1. The van der Waals surface area contributed by atoms with Crippen LogP contribution in [0.5, 0.6) is 0 Å². The molecule has 116 valence electrons. The minimum atomic E-state index is -0.522. The fourth-order valence-electron chi connectivity index (χ4n) is 2.60. The summed E-state index contributed by atoms with van der Waals surface area (Å²) in [4.78, 5) is 12.1. The normalized spacial score (nSPS) is 19.0. The molecule has 1 aliphatic rings. The first-order chi connectivity index (χ1) is 10.2. The van der Waals surface area contributed by atoms with Gasteiger partial charge in [-0.2, -0.15) is 0 Å². The maximum Gasteiger partial charge on any atom is 0.220 e. The molecule has 0 aliphatic carbocycles. The van der Waals surface area contributed by atoms with E-state index in [4.69, 9.17) is 10.5 Å². The number of ether oxygens (including phenoxy) is 1. The number of benzene rings is 1. The van der Waals surface area contributed by atoms with Crippen LogP contribution in [0, 0.1) is 0 Å². The number of hydrogen-bond donors (Lipinski definition) is 3. The van der Waals surface area contributed by atoms with E-state index in [0.717, 1.165) is 5.56 Å². The second-order valence-corrected chi connectivity index (χ2v) is 5.65. The molecule has 1 saturated heterocycles. The van der Waals surface area contributed by atoms with Crippen LogP contribution in [0.15, 0.2) is 30.3 Å². The zero-order valence-corrected chi connectivity index (χ0v) is 12.3. The molecule has 0 spiro atoms. The highest BCUT2D eigenvalue weighted by atomic mass is 16.5. The molecule has 0 saturated carbocycles. The van der Waals surface area contributed by atoms with Crippen molar-refractivity contribution in [2.75, 3.05) is 19.8 Å². The molecular weight excluding hydrogens is 268 g/mol. The molecule has 1 aromatic rings. The number of rotatable bonds is 6. The molecule has 5 nitrogen and oxygen atoms in total. The Morgan fingerprint density at radius 3 is 2.62 bits per heavy atom. The lowest BCUT2D eigenvalue weighted by Gasteiger charge is -2.36. The van der Waals surface area contributed by atoms with E-state index in [1.54, 1.807) is 0 Å². The highest BCUT2D eigenvalue weighted by Crippen LogP contribution is 2.21. The average Bonchev–Trinajstić information content (AvgIpc) is 2.54. The zero-order chi connectivity index (χ0) is 15.1. The lowest BCUT2D eigenvalue weighted by molar-refractivity contribution is -0.125. The van der Waals surface area contributed by atoms with Gasteiger partial charge in [-0.25, -0.2) is 0 Å². The van der Waals surface area contributed by atoms with Crippen molar-refractivity contribution in [2.45, 2.75) is 37.3 Å². The van der Waals surface area contributed by atoms with Gasteiger partial charge in [0.2, 0.25) is 5.91 Å².